The Bertz CT molecular complexity index is 318. The fourth-order valence-electron chi connectivity index (χ4n) is 1.75. The topological polar surface area (TPSA) is 29.5 Å². The van der Waals surface area contributed by atoms with E-state index in [-0.39, 0.29) is 12.0 Å². The lowest BCUT2D eigenvalue weighted by Crippen LogP contribution is -2.24. The SMILES string of the molecule is CCCCc1ccc(OCC(O)C(C)CC)cc1. The van der Waals surface area contributed by atoms with E-state index in [0.29, 0.717) is 6.61 Å². The van der Waals surface area contributed by atoms with Gasteiger partial charge in [-0.05, 0) is 36.5 Å². The van der Waals surface area contributed by atoms with Crippen molar-refractivity contribution in [3.8, 4) is 5.75 Å². The molecule has 18 heavy (non-hydrogen) atoms. The van der Waals surface area contributed by atoms with Crippen molar-refractivity contribution in [1.29, 1.82) is 0 Å². The normalized spacial score (nSPS) is 14.2. The molecular weight excluding hydrogens is 224 g/mol. The summed E-state index contributed by atoms with van der Waals surface area (Å²) in [6.07, 6.45) is 4.17. The van der Waals surface area contributed by atoms with E-state index in [0.717, 1.165) is 18.6 Å². The summed E-state index contributed by atoms with van der Waals surface area (Å²) in [5.74, 6) is 1.13. The molecule has 2 unspecified atom stereocenters. The van der Waals surface area contributed by atoms with Crippen LogP contribution in [0.5, 0.6) is 5.75 Å². The van der Waals surface area contributed by atoms with Crippen LogP contribution in [0.3, 0.4) is 0 Å². The molecule has 2 heteroatoms. The molecule has 1 rings (SSSR count). The van der Waals surface area contributed by atoms with Gasteiger partial charge in [-0.25, -0.2) is 0 Å². The van der Waals surface area contributed by atoms with Gasteiger partial charge in [0.2, 0.25) is 0 Å². The zero-order valence-electron chi connectivity index (χ0n) is 11.9. The minimum Gasteiger partial charge on any atom is -0.491 e. The Labute approximate surface area is 111 Å². The molecule has 0 aliphatic heterocycles. The van der Waals surface area contributed by atoms with E-state index in [1.165, 1.54) is 18.4 Å². The second kappa shape index (κ2) is 8.15. The first-order valence-electron chi connectivity index (χ1n) is 7.07. The lowest BCUT2D eigenvalue weighted by Gasteiger charge is -2.17. The van der Waals surface area contributed by atoms with Crippen molar-refractivity contribution >= 4 is 0 Å². The number of hydrogen-bond acceptors (Lipinski definition) is 2. The summed E-state index contributed by atoms with van der Waals surface area (Å²) in [6, 6.07) is 8.21. The van der Waals surface area contributed by atoms with Gasteiger partial charge in [-0.15, -0.1) is 0 Å². The number of unbranched alkanes of at least 4 members (excludes halogenated alkanes) is 1. The first kappa shape index (κ1) is 15.0. The number of ether oxygens (including phenoxy) is 1. The molecule has 0 aliphatic rings. The maximum Gasteiger partial charge on any atom is 0.119 e. The largest absolute Gasteiger partial charge is 0.491 e. The van der Waals surface area contributed by atoms with Crippen LogP contribution in [-0.2, 0) is 6.42 Å². The Hall–Kier alpha value is -1.02. The molecule has 0 amide bonds. The van der Waals surface area contributed by atoms with Crippen LogP contribution in [0.2, 0.25) is 0 Å². The van der Waals surface area contributed by atoms with Gasteiger partial charge in [-0.1, -0.05) is 45.7 Å². The molecule has 0 fully saturated rings. The molecular formula is C16H26O2. The molecule has 0 saturated heterocycles. The number of benzene rings is 1. The van der Waals surface area contributed by atoms with E-state index in [4.69, 9.17) is 4.74 Å². The summed E-state index contributed by atoms with van der Waals surface area (Å²) < 4.78 is 5.60. The van der Waals surface area contributed by atoms with Crippen molar-refractivity contribution in [3.63, 3.8) is 0 Å². The molecule has 0 aliphatic carbocycles. The third kappa shape index (κ3) is 5.09. The van der Waals surface area contributed by atoms with Crippen molar-refractivity contribution in [1.82, 2.24) is 0 Å². The molecule has 1 aromatic rings. The lowest BCUT2D eigenvalue weighted by molar-refractivity contribution is 0.0622. The number of aliphatic hydroxyl groups excluding tert-OH is 1. The van der Waals surface area contributed by atoms with Crippen LogP contribution < -0.4 is 4.74 Å². The molecule has 0 aromatic heterocycles. The van der Waals surface area contributed by atoms with Crippen molar-refractivity contribution < 1.29 is 9.84 Å². The lowest BCUT2D eigenvalue weighted by atomic mass is 10.0. The maximum atomic E-state index is 9.82. The first-order chi connectivity index (χ1) is 8.67. The van der Waals surface area contributed by atoms with E-state index in [9.17, 15) is 5.11 Å². The third-order valence-corrected chi connectivity index (χ3v) is 3.46. The van der Waals surface area contributed by atoms with Gasteiger partial charge >= 0.3 is 0 Å². The van der Waals surface area contributed by atoms with E-state index >= 15 is 0 Å². The maximum absolute atomic E-state index is 9.82. The molecule has 0 radical (unpaired) electrons. The van der Waals surface area contributed by atoms with Crippen LogP contribution in [0, 0.1) is 5.92 Å². The van der Waals surface area contributed by atoms with Crippen LogP contribution >= 0.6 is 0 Å². The summed E-state index contributed by atoms with van der Waals surface area (Å²) >= 11 is 0. The zero-order chi connectivity index (χ0) is 13.4. The molecule has 2 atom stereocenters. The summed E-state index contributed by atoms with van der Waals surface area (Å²) in [5, 5.41) is 9.82. The minimum absolute atomic E-state index is 0.286. The second-order valence-electron chi connectivity index (χ2n) is 5.01. The van der Waals surface area contributed by atoms with E-state index in [1.54, 1.807) is 0 Å². The zero-order valence-corrected chi connectivity index (χ0v) is 11.9. The van der Waals surface area contributed by atoms with Crippen molar-refractivity contribution in [3.05, 3.63) is 29.8 Å². The van der Waals surface area contributed by atoms with Gasteiger partial charge < -0.3 is 9.84 Å². The van der Waals surface area contributed by atoms with Gasteiger partial charge in [-0.2, -0.15) is 0 Å². The molecule has 102 valence electrons. The van der Waals surface area contributed by atoms with E-state index < -0.39 is 0 Å². The number of hydrogen-bond donors (Lipinski definition) is 1. The minimum atomic E-state index is -0.380. The highest BCUT2D eigenvalue weighted by molar-refractivity contribution is 5.27. The van der Waals surface area contributed by atoms with Crippen LogP contribution in [0.1, 0.15) is 45.6 Å². The van der Waals surface area contributed by atoms with Crippen molar-refractivity contribution in [2.75, 3.05) is 6.61 Å². The van der Waals surface area contributed by atoms with Gasteiger partial charge in [0.05, 0.1) is 6.10 Å². The number of aliphatic hydroxyl groups is 1. The molecule has 0 saturated carbocycles. The Morgan fingerprint density at radius 3 is 2.39 bits per heavy atom. The summed E-state index contributed by atoms with van der Waals surface area (Å²) in [6.45, 7) is 6.70. The highest BCUT2D eigenvalue weighted by Gasteiger charge is 2.12. The quantitative estimate of drug-likeness (QED) is 0.760. The Kier molecular flexibility index (Phi) is 6.81. The Balaban J connectivity index is 2.39. The molecule has 1 N–H and O–H groups in total. The van der Waals surface area contributed by atoms with Crippen LogP contribution in [0.15, 0.2) is 24.3 Å². The van der Waals surface area contributed by atoms with Crippen molar-refractivity contribution in [2.24, 2.45) is 5.92 Å². The predicted octanol–water partition coefficient (Wildman–Crippen LogP) is 3.82. The monoisotopic (exact) mass is 250 g/mol. The summed E-state index contributed by atoms with van der Waals surface area (Å²) in [5.41, 5.74) is 1.35. The molecule has 0 bridgehead atoms. The predicted molar refractivity (Wildman–Crippen MR) is 76.0 cm³/mol. The molecule has 2 nitrogen and oxygen atoms in total. The smallest absolute Gasteiger partial charge is 0.119 e. The highest BCUT2D eigenvalue weighted by atomic mass is 16.5. The fraction of sp³-hybridized carbons (Fsp3) is 0.625. The van der Waals surface area contributed by atoms with Crippen LogP contribution in [0.25, 0.3) is 0 Å². The average molecular weight is 250 g/mol. The van der Waals surface area contributed by atoms with Crippen LogP contribution in [-0.4, -0.2) is 17.8 Å². The summed E-state index contributed by atoms with van der Waals surface area (Å²) in [7, 11) is 0. The standard InChI is InChI=1S/C16H26O2/c1-4-6-7-14-8-10-15(11-9-14)18-12-16(17)13(3)5-2/h8-11,13,16-17H,4-7,12H2,1-3H3. The number of aryl methyl sites for hydroxylation is 1. The summed E-state index contributed by atoms with van der Waals surface area (Å²) in [4.78, 5) is 0. The van der Waals surface area contributed by atoms with Gasteiger partial charge in [0.1, 0.15) is 12.4 Å². The molecule has 0 spiro atoms. The van der Waals surface area contributed by atoms with Gasteiger partial charge in [0.15, 0.2) is 0 Å². The first-order valence-corrected chi connectivity index (χ1v) is 7.07. The van der Waals surface area contributed by atoms with E-state index in [2.05, 4.69) is 26.0 Å². The van der Waals surface area contributed by atoms with Gasteiger partial charge in [0, 0.05) is 0 Å². The highest BCUT2D eigenvalue weighted by Crippen LogP contribution is 2.15. The van der Waals surface area contributed by atoms with Crippen LogP contribution in [0.4, 0.5) is 0 Å². The Morgan fingerprint density at radius 2 is 1.83 bits per heavy atom. The van der Waals surface area contributed by atoms with E-state index in [1.807, 2.05) is 19.1 Å². The van der Waals surface area contributed by atoms with Gasteiger partial charge in [-0.3, -0.25) is 0 Å². The molecule has 0 heterocycles. The Morgan fingerprint density at radius 1 is 1.17 bits per heavy atom. The molecule has 1 aromatic carbocycles. The average Bonchev–Trinajstić information content (AvgIpc) is 2.42. The second-order valence-corrected chi connectivity index (χ2v) is 5.01. The third-order valence-electron chi connectivity index (χ3n) is 3.46. The van der Waals surface area contributed by atoms with Crippen molar-refractivity contribution in [2.45, 2.75) is 52.6 Å². The fourth-order valence-corrected chi connectivity index (χ4v) is 1.75. The van der Waals surface area contributed by atoms with Gasteiger partial charge in [0.25, 0.3) is 0 Å². The number of rotatable bonds is 8.